The summed E-state index contributed by atoms with van der Waals surface area (Å²) in [7, 11) is 1.38. The summed E-state index contributed by atoms with van der Waals surface area (Å²) in [4.78, 5) is 11.2. The van der Waals surface area contributed by atoms with E-state index in [0.717, 1.165) is 11.1 Å². The van der Waals surface area contributed by atoms with E-state index < -0.39 is 0 Å². The summed E-state index contributed by atoms with van der Waals surface area (Å²) >= 11 is 0. The predicted molar refractivity (Wildman–Crippen MR) is 69.6 cm³/mol. The average molecular weight is 226 g/mol. The van der Waals surface area contributed by atoms with Crippen LogP contribution in [0, 0.1) is 0 Å². The zero-order chi connectivity index (χ0) is 12.3. The first kappa shape index (κ1) is 11.4. The molecule has 0 saturated carbocycles. The summed E-state index contributed by atoms with van der Waals surface area (Å²) in [6, 6.07) is 14.3. The largest absolute Gasteiger partial charge is 0.466 e. The number of ether oxygens (including phenoxy) is 1. The molecule has 0 spiro atoms. The minimum Gasteiger partial charge on any atom is -0.466 e. The van der Waals surface area contributed by atoms with Crippen molar-refractivity contribution in [2.45, 2.75) is 6.92 Å². The van der Waals surface area contributed by atoms with Crippen molar-refractivity contribution in [3.63, 3.8) is 0 Å². The van der Waals surface area contributed by atoms with E-state index in [1.165, 1.54) is 24.0 Å². The van der Waals surface area contributed by atoms with Gasteiger partial charge in [-0.2, -0.15) is 0 Å². The molecule has 86 valence electrons. The lowest BCUT2D eigenvalue weighted by molar-refractivity contribution is -0.134. The van der Waals surface area contributed by atoms with Gasteiger partial charge in [0.1, 0.15) is 0 Å². The first-order valence-electron chi connectivity index (χ1n) is 5.46. The highest BCUT2D eigenvalue weighted by Crippen LogP contribution is 2.20. The summed E-state index contributed by atoms with van der Waals surface area (Å²) in [6.45, 7) is 1.90. The third-order valence-electron chi connectivity index (χ3n) is 2.74. The van der Waals surface area contributed by atoms with Crippen LogP contribution < -0.4 is 0 Å². The van der Waals surface area contributed by atoms with Gasteiger partial charge in [-0.15, -0.1) is 0 Å². The standard InChI is InChI=1S/C15H14O2/c1-11(9-15(16)17-2)13-8-7-12-5-3-4-6-14(12)10-13/h3-10H,1-2H3/b11-9-. The molecule has 17 heavy (non-hydrogen) atoms. The SMILES string of the molecule is COC(=O)/C=C(/C)c1ccc2ccccc2c1. The van der Waals surface area contributed by atoms with Gasteiger partial charge < -0.3 is 4.74 Å². The van der Waals surface area contributed by atoms with E-state index in [4.69, 9.17) is 0 Å². The fourth-order valence-electron chi connectivity index (χ4n) is 1.75. The van der Waals surface area contributed by atoms with Crippen LogP contribution in [0.25, 0.3) is 16.3 Å². The first-order valence-corrected chi connectivity index (χ1v) is 5.46. The second kappa shape index (κ2) is 4.83. The fraction of sp³-hybridized carbons (Fsp3) is 0.133. The number of methoxy groups -OCH3 is 1. The molecule has 0 fully saturated rings. The van der Waals surface area contributed by atoms with E-state index in [-0.39, 0.29) is 5.97 Å². The van der Waals surface area contributed by atoms with Crippen LogP contribution in [-0.2, 0) is 9.53 Å². The van der Waals surface area contributed by atoms with Crippen molar-refractivity contribution in [3.8, 4) is 0 Å². The van der Waals surface area contributed by atoms with Crippen molar-refractivity contribution in [3.05, 3.63) is 54.1 Å². The molecule has 0 aliphatic heterocycles. The number of carbonyl (C=O) groups excluding carboxylic acids is 1. The van der Waals surface area contributed by atoms with Gasteiger partial charge in [0.15, 0.2) is 0 Å². The molecule has 2 aromatic carbocycles. The Bertz CT molecular complexity index is 582. The molecule has 0 heterocycles. The fourth-order valence-corrected chi connectivity index (χ4v) is 1.75. The molecule has 2 aromatic rings. The number of hydrogen-bond acceptors (Lipinski definition) is 2. The molecule has 0 aromatic heterocycles. The molecule has 2 rings (SSSR count). The Labute approximate surface area is 101 Å². The molecule has 0 unspecified atom stereocenters. The van der Waals surface area contributed by atoms with Gasteiger partial charge in [0, 0.05) is 6.08 Å². The third kappa shape index (κ3) is 2.53. The van der Waals surface area contributed by atoms with Gasteiger partial charge in [-0.1, -0.05) is 36.4 Å². The van der Waals surface area contributed by atoms with Crippen molar-refractivity contribution in [1.29, 1.82) is 0 Å². The van der Waals surface area contributed by atoms with Gasteiger partial charge in [-0.25, -0.2) is 4.79 Å². The molecule has 0 saturated heterocycles. The summed E-state index contributed by atoms with van der Waals surface area (Å²) < 4.78 is 4.61. The van der Waals surface area contributed by atoms with Gasteiger partial charge >= 0.3 is 5.97 Å². The topological polar surface area (TPSA) is 26.3 Å². The van der Waals surface area contributed by atoms with Crippen LogP contribution in [0.15, 0.2) is 48.5 Å². The normalized spacial score (nSPS) is 11.5. The number of allylic oxidation sites excluding steroid dienone is 1. The number of carbonyl (C=O) groups is 1. The molecule has 0 N–H and O–H groups in total. The van der Waals surface area contributed by atoms with E-state index in [9.17, 15) is 4.79 Å². The van der Waals surface area contributed by atoms with Crippen LogP contribution >= 0.6 is 0 Å². The Hall–Kier alpha value is -2.09. The van der Waals surface area contributed by atoms with Gasteiger partial charge in [0.25, 0.3) is 0 Å². The molecule has 0 radical (unpaired) electrons. The lowest BCUT2D eigenvalue weighted by Gasteiger charge is -2.04. The minimum absolute atomic E-state index is 0.323. The molecule has 2 nitrogen and oxygen atoms in total. The molecule has 2 heteroatoms. The zero-order valence-electron chi connectivity index (χ0n) is 9.94. The van der Waals surface area contributed by atoms with Gasteiger partial charge in [-0.3, -0.25) is 0 Å². The molecular formula is C15H14O2. The molecule has 0 aliphatic carbocycles. The number of rotatable bonds is 2. The predicted octanol–water partition coefficient (Wildman–Crippen LogP) is 3.42. The van der Waals surface area contributed by atoms with Crippen molar-refractivity contribution in [1.82, 2.24) is 0 Å². The molecule has 0 bridgehead atoms. The number of hydrogen-bond donors (Lipinski definition) is 0. The van der Waals surface area contributed by atoms with Crippen LogP contribution in [0.1, 0.15) is 12.5 Å². The van der Waals surface area contributed by atoms with E-state index in [1.807, 2.05) is 25.1 Å². The second-order valence-corrected chi connectivity index (χ2v) is 3.91. The molecule has 0 amide bonds. The van der Waals surface area contributed by atoms with Crippen molar-refractivity contribution >= 4 is 22.3 Å². The minimum atomic E-state index is -0.323. The molecular weight excluding hydrogens is 212 g/mol. The quantitative estimate of drug-likeness (QED) is 0.579. The van der Waals surface area contributed by atoms with Gasteiger partial charge in [0.2, 0.25) is 0 Å². The average Bonchev–Trinajstić information content (AvgIpc) is 2.38. The summed E-state index contributed by atoms with van der Waals surface area (Å²) in [5.41, 5.74) is 1.94. The lowest BCUT2D eigenvalue weighted by atomic mass is 10.0. The second-order valence-electron chi connectivity index (χ2n) is 3.91. The van der Waals surface area contributed by atoms with Gasteiger partial charge in [-0.05, 0) is 34.9 Å². The van der Waals surface area contributed by atoms with Crippen molar-refractivity contribution in [2.75, 3.05) is 7.11 Å². The monoisotopic (exact) mass is 226 g/mol. The van der Waals surface area contributed by atoms with Crippen LogP contribution in [0.5, 0.6) is 0 Å². The Kier molecular flexibility index (Phi) is 3.24. The zero-order valence-corrected chi connectivity index (χ0v) is 9.94. The van der Waals surface area contributed by atoms with E-state index in [1.54, 1.807) is 0 Å². The maximum Gasteiger partial charge on any atom is 0.330 e. The van der Waals surface area contributed by atoms with Crippen LogP contribution in [0.2, 0.25) is 0 Å². The molecule has 0 atom stereocenters. The summed E-state index contributed by atoms with van der Waals surface area (Å²) in [5.74, 6) is -0.323. The van der Waals surface area contributed by atoms with E-state index in [2.05, 4.69) is 29.0 Å². The summed E-state index contributed by atoms with van der Waals surface area (Å²) in [5, 5.41) is 2.37. The number of fused-ring (bicyclic) bond motifs is 1. The Morgan fingerprint density at radius 3 is 2.53 bits per heavy atom. The maximum absolute atomic E-state index is 11.2. The van der Waals surface area contributed by atoms with Crippen LogP contribution in [0.3, 0.4) is 0 Å². The highest BCUT2D eigenvalue weighted by atomic mass is 16.5. The van der Waals surface area contributed by atoms with Crippen LogP contribution in [-0.4, -0.2) is 13.1 Å². The van der Waals surface area contributed by atoms with E-state index >= 15 is 0 Å². The number of esters is 1. The smallest absolute Gasteiger partial charge is 0.330 e. The molecule has 0 aliphatic rings. The highest BCUT2D eigenvalue weighted by molar-refractivity contribution is 5.93. The van der Waals surface area contributed by atoms with Crippen LogP contribution in [0.4, 0.5) is 0 Å². The Morgan fingerprint density at radius 2 is 1.82 bits per heavy atom. The first-order chi connectivity index (χ1) is 8.20. The van der Waals surface area contributed by atoms with Gasteiger partial charge in [0.05, 0.1) is 7.11 Å². The van der Waals surface area contributed by atoms with Crippen molar-refractivity contribution < 1.29 is 9.53 Å². The van der Waals surface area contributed by atoms with E-state index in [0.29, 0.717) is 0 Å². The highest BCUT2D eigenvalue weighted by Gasteiger charge is 2.01. The summed E-state index contributed by atoms with van der Waals surface area (Å²) in [6.07, 6.45) is 1.50. The Morgan fingerprint density at radius 1 is 1.12 bits per heavy atom. The Balaban J connectivity index is 2.43. The maximum atomic E-state index is 11.2. The van der Waals surface area contributed by atoms with Crippen molar-refractivity contribution in [2.24, 2.45) is 0 Å². The number of benzene rings is 2. The third-order valence-corrected chi connectivity index (χ3v) is 2.74. The lowest BCUT2D eigenvalue weighted by Crippen LogP contribution is -1.95.